The third kappa shape index (κ3) is 3.13. The van der Waals surface area contributed by atoms with E-state index in [4.69, 9.17) is 5.26 Å². The highest BCUT2D eigenvalue weighted by molar-refractivity contribution is 9.10. The van der Waals surface area contributed by atoms with Gasteiger partial charge in [-0.1, -0.05) is 41.1 Å². The van der Waals surface area contributed by atoms with Crippen LogP contribution in [0.3, 0.4) is 0 Å². The Kier molecular flexibility index (Phi) is 4.64. The van der Waals surface area contributed by atoms with Crippen molar-refractivity contribution < 1.29 is 0 Å². The van der Waals surface area contributed by atoms with Crippen molar-refractivity contribution in [1.29, 1.82) is 5.26 Å². The molecule has 1 aromatic carbocycles. The maximum Gasteiger partial charge on any atom is 0.0868 e. The molecular formula is C11H13BrN2. The molecule has 0 spiro atoms. The van der Waals surface area contributed by atoms with Gasteiger partial charge in [0.05, 0.1) is 12.6 Å². The Morgan fingerprint density at radius 1 is 1.43 bits per heavy atom. The molecule has 0 amide bonds. The van der Waals surface area contributed by atoms with Gasteiger partial charge in [-0.25, -0.2) is 0 Å². The summed E-state index contributed by atoms with van der Waals surface area (Å²) in [5.74, 6) is 0. The average molecular weight is 253 g/mol. The Bertz CT molecular complexity index is 330. The standard InChI is InChI=1S/C11H13BrN2/c1-2-14(8-7-13)9-10-5-3-4-6-11(10)12/h3-6H,2,8-9H2,1H3. The van der Waals surface area contributed by atoms with Gasteiger partial charge in [-0.2, -0.15) is 5.26 Å². The van der Waals surface area contributed by atoms with Crippen molar-refractivity contribution in [3.8, 4) is 6.07 Å². The summed E-state index contributed by atoms with van der Waals surface area (Å²) < 4.78 is 1.11. The molecular weight excluding hydrogens is 240 g/mol. The molecule has 1 aromatic rings. The molecule has 3 heteroatoms. The summed E-state index contributed by atoms with van der Waals surface area (Å²) in [7, 11) is 0. The van der Waals surface area contributed by atoms with Gasteiger partial charge in [-0.3, -0.25) is 4.90 Å². The molecule has 0 aliphatic rings. The quantitative estimate of drug-likeness (QED) is 0.771. The second kappa shape index (κ2) is 5.79. The highest BCUT2D eigenvalue weighted by atomic mass is 79.9. The van der Waals surface area contributed by atoms with Gasteiger partial charge in [0.1, 0.15) is 0 Å². The topological polar surface area (TPSA) is 27.0 Å². The number of hydrogen-bond donors (Lipinski definition) is 0. The van der Waals surface area contributed by atoms with Crippen LogP contribution in [0.4, 0.5) is 0 Å². The van der Waals surface area contributed by atoms with E-state index in [2.05, 4.69) is 39.9 Å². The minimum atomic E-state index is 0.484. The summed E-state index contributed by atoms with van der Waals surface area (Å²) in [5.41, 5.74) is 1.23. The molecule has 0 aromatic heterocycles. The summed E-state index contributed by atoms with van der Waals surface area (Å²) in [6, 6.07) is 10.3. The maximum absolute atomic E-state index is 8.61. The van der Waals surface area contributed by atoms with E-state index in [9.17, 15) is 0 Å². The number of halogens is 1. The predicted octanol–water partition coefficient (Wildman–Crippen LogP) is 2.79. The van der Waals surface area contributed by atoms with Crippen molar-refractivity contribution in [2.75, 3.05) is 13.1 Å². The molecule has 0 N–H and O–H groups in total. The highest BCUT2D eigenvalue weighted by Gasteiger charge is 2.04. The SMILES string of the molecule is CCN(CC#N)Cc1ccccc1Br. The zero-order valence-electron chi connectivity index (χ0n) is 8.20. The first-order valence-corrected chi connectivity index (χ1v) is 5.40. The Hall–Kier alpha value is -0.850. The molecule has 0 bridgehead atoms. The van der Waals surface area contributed by atoms with Gasteiger partial charge in [0.25, 0.3) is 0 Å². The molecule has 74 valence electrons. The summed E-state index contributed by atoms with van der Waals surface area (Å²) in [6.45, 7) is 4.27. The van der Waals surface area contributed by atoms with Crippen LogP contribution in [-0.4, -0.2) is 18.0 Å². The minimum Gasteiger partial charge on any atom is -0.287 e. The van der Waals surface area contributed by atoms with Gasteiger partial charge < -0.3 is 0 Å². The van der Waals surface area contributed by atoms with E-state index >= 15 is 0 Å². The van der Waals surface area contributed by atoms with Gasteiger partial charge in [0.15, 0.2) is 0 Å². The van der Waals surface area contributed by atoms with E-state index < -0.39 is 0 Å². The minimum absolute atomic E-state index is 0.484. The normalized spacial score (nSPS) is 10.1. The molecule has 0 saturated carbocycles. The lowest BCUT2D eigenvalue weighted by molar-refractivity contribution is 0.314. The lowest BCUT2D eigenvalue weighted by atomic mass is 10.2. The van der Waals surface area contributed by atoms with Gasteiger partial charge in [0, 0.05) is 11.0 Å². The van der Waals surface area contributed by atoms with Crippen molar-refractivity contribution in [1.82, 2.24) is 4.90 Å². The largest absolute Gasteiger partial charge is 0.287 e. The van der Waals surface area contributed by atoms with Crippen LogP contribution in [0.5, 0.6) is 0 Å². The molecule has 0 unspecified atom stereocenters. The van der Waals surface area contributed by atoms with Crippen LogP contribution in [0.2, 0.25) is 0 Å². The second-order valence-electron chi connectivity index (χ2n) is 3.05. The van der Waals surface area contributed by atoms with Crippen molar-refractivity contribution in [2.24, 2.45) is 0 Å². The fourth-order valence-electron chi connectivity index (χ4n) is 1.25. The number of nitrogens with zero attached hydrogens (tertiary/aromatic N) is 2. The van der Waals surface area contributed by atoms with Crippen LogP contribution in [0.15, 0.2) is 28.7 Å². The average Bonchev–Trinajstić information content (AvgIpc) is 2.20. The van der Waals surface area contributed by atoms with Crippen LogP contribution in [0, 0.1) is 11.3 Å². The summed E-state index contributed by atoms with van der Waals surface area (Å²) in [6.07, 6.45) is 0. The maximum atomic E-state index is 8.61. The molecule has 0 aliphatic carbocycles. The molecule has 0 fully saturated rings. The van der Waals surface area contributed by atoms with Crippen molar-refractivity contribution in [3.63, 3.8) is 0 Å². The Balaban J connectivity index is 2.68. The van der Waals surface area contributed by atoms with Gasteiger partial charge in [0.2, 0.25) is 0 Å². The highest BCUT2D eigenvalue weighted by Crippen LogP contribution is 2.17. The Morgan fingerprint density at radius 3 is 2.71 bits per heavy atom. The monoisotopic (exact) mass is 252 g/mol. The molecule has 14 heavy (non-hydrogen) atoms. The fraction of sp³-hybridized carbons (Fsp3) is 0.364. The first kappa shape index (κ1) is 11.2. The van der Waals surface area contributed by atoms with Crippen LogP contribution in [0.25, 0.3) is 0 Å². The summed E-state index contributed by atoms with van der Waals surface area (Å²) in [5, 5.41) is 8.61. The van der Waals surface area contributed by atoms with Crippen molar-refractivity contribution in [2.45, 2.75) is 13.5 Å². The van der Waals surface area contributed by atoms with Crippen molar-refractivity contribution in [3.05, 3.63) is 34.3 Å². The molecule has 0 saturated heterocycles. The van der Waals surface area contributed by atoms with Gasteiger partial charge in [-0.15, -0.1) is 0 Å². The van der Waals surface area contributed by atoms with Crippen LogP contribution in [0.1, 0.15) is 12.5 Å². The fourth-order valence-corrected chi connectivity index (χ4v) is 1.66. The van der Waals surface area contributed by atoms with Crippen molar-refractivity contribution >= 4 is 15.9 Å². The number of benzene rings is 1. The van der Waals surface area contributed by atoms with E-state index in [0.717, 1.165) is 17.6 Å². The van der Waals surface area contributed by atoms with Gasteiger partial charge >= 0.3 is 0 Å². The van der Waals surface area contributed by atoms with Crippen LogP contribution < -0.4 is 0 Å². The molecule has 0 atom stereocenters. The summed E-state index contributed by atoms with van der Waals surface area (Å²) in [4.78, 5) is 2.10. The Morgan fingerprint density at radius 2 is 2.14 bits per heavy atom. The third-order valence-corrected chi connectivity index (χ3v) is 2.87. The smallest absolute Gasteiger partial charge is 0.0868 e. The number of nitriles is 1. The molecule has 0 radical (unpaired) electrons. The van der Waals surface area contributed by atoms with Crippen LogP contribution in [-0.2, 0) is 6.54 Å². The molecule has 0 heterocycles. The van der Waals surface area contributed by atoms with E-state index in [-0.39, 0.29) is 0 Å². The lowest BCUT2D eigenvalue weighted by Crippen LogP contribution is -2.23. The van der Waals surface area contributed by atoms with Gasteiger partial charge in [-0.05, 0) is 18.2 Å². The van der Waals surface area contributed by atoms with E-state index in [0.29, 0.717) is 6.54 Å². The summed E-state index contributed by atoms with van der Waals surface area (Å²) >= 11 is 3.50. The first-order chi connectivity index (χ1) is 6.77. The Labute approximate surface area is 93.3 Å². The van der Waals surface area contributed by atoms with E-state index in [1.165, 1.54) is 5.56 Å². The van der Waals surface area contributed by atoms with E-state index in [1.807, 2.05) is 18.2 Å². The first-order valence-electron chi connectivity index (χ1n) is 4.60. The molecule has 1 rings (SSSR count). The molecule has 0 aliphatic heterocycles. The zero-order valence-corrected chi connectivity index (χ0v) is 9.79. The van der Waals surface area contributed by atoms with E-state index in [1.54, 1.807) is 0 Å². The molecule has 2 nitrogen and oxygen atoms in total. The zero-order chi connectivity index (χ0) is 10.4. The number of rotatable bonds is 4. The van der Waals surface area contributed by atoms with Crippen LogP contribution >= 0.6 is 15.9 Å². The third-order valence-electron chi connectivity index (χ3n) is 2.09. The predicted molar refractivity (Wildman–Crippen MR) is 60.7 cm³/mol. The number of hydrogen-bond acceptors (Lipinski definition) is 2. The second-order valence-corrected chi connectivity index (χ2v) is 3.91. The lowest BCUT2D eigenvalue weighted by Gasteiger charge is -2.17.